The minimum Gasteiger partial charge on any atom is -0.469 e. The zero-order chi connectivity index (χ0) is 13.1. The summed E-state index contributed by atoms with van der Waals surface area (Å²) in [4.78, 5) is 24.8. The molecule has 1 heterocycles. The van der Waals surface area contributed by atoms with E-state index in [-0.39, 0.29) is 24.9 Å². The van der Waals surface area contributed by atoms with Gasteiger partial charge < -0.3 is 14.7 Å². The van der Waals surface area contributed by atoms with Crippen LogP contribution in [0.25, 0.3) is 0 Å². The molecule has 1 aliphatic heterocycles. The van der Waals surface area contributed by atoms with E-state index in [1.165, 1.54) is 7.11 Å². The Hall–Kier alpha value is -1.88. The molecule has 2 rings (SSSR count). The highest BCUT2D eigenvalue weighted by Crippen LogP contribution is 2.26. The summed E-state index contributed by atoms with van der Waals surface area (Å²) in [7, 11) is 1.32. The zero-order valence-electron chi connectivity index (χ0n) is 10.1. The lowest BCUT2D eigenvalue weighted by molar-refractivity contribution is -0.145. The molecule has 1 unspecified atom stereocenters. The third-order valence-corrected chi connectivity index (χ3v) is 3.06. The van der Waals surface area contributed by atoms with Crippen LogP contribution in [0, 0.1) is 5.92 Å². The second-order valence-electron chi connectivity index (χ2n) is 4.26. The molecule has 1 amide bonds. The molecule has 96 valence electrons. The van der Waals surface area contributed by atoms with Gasteiger partial charge in [-0.25, -0.2) is 0 Å². The second-order valence-corrected chi connectivity index (χ2v) is 4.26. The van der Waals surface area contributed by atoms with Crippen molar-refractivity contribution in [3.05, 3.63) is 29.8 Å². The summed E-state index contributed by atoms with van der Waals surface area (Å²) in [6.07, 6.45) is 0.177. The first kappa shape index (κ1) is 12.6. The SMILES string of the molecule is COC(=O)C1CC(=O)N(c2cccc(CO)c2)C1. The maximum Gasteiger partial charge on any atom is 0.311 e. The molecule has 1 aliphatic rings. The van der Waals surface area contributed by atoms with Gasteiger partial charge in [0, 0.05) is 18.7 Å². The number of aliphatic hydroxyl groups excluding tert-OH is 1. The van der Waals surface area contributed by atoms with E-state index in [1.807, 2.05) is 0 Å². The van der Waals surface area contributed by atoms with E-state index in [0.29, 0.717) is 12.2 Å². The van der Waals surface area contributed by atoms with Gasteiger partial charge in [0.25, 0.3) is 0 Å². The molecule has 0 saturated carbocycles. The fourth-order valence-electron chi connectivity index (χ4n) is 2.10. The number of methoxy groups -OCH3 is 1. The van der Waals surface area contributed by atoms with Crippen LogP contribution in [-0.4, -0.2) is 30.6 Å². The van der Waals surface area contributed by atoms with Crippen LogP contribution in [-0.2, 0) is 20.9 Å². The normalized spacial score (nSPS) is 19.1. The number of hydrogen-bond donors (Lipinski definition) is 1. The van der Waals surface area contributed by atoms with Gasteiger partial charge in [-0.3, -0.25) is 9.59 Å². The summed E-state index contributed by atoms with van der Waals surface area (Å²) >= 11 is 0. The van der Waals surface area contributed by atoms with Gasteiger partial charge in [0.15, 0.2) is 0 Å². The third kappa shape index (κ3) is 2.36. The lowest BCUT2D eigenvalue weighted by Gasteiger charge is -2.17. The van der Waals surface area contributed by atoms with Gasteiger partial charge in [-0.1, -0.05) is 12.1 Å². The van der Waals surface area contributed by atoms with E-state index < -0.39 is 5.92 Å². The lowest BCUT2D eigenvalue weighted by Crippen LogP contribution is -2.26. The second kappa shape index (κ2) is 5.18. The van der Waals surface area contributed by atoms with Crippen LogP contribution in [0.15, 0.2) is 24.3 Å². The Morgan fingerprint density at radius 3 is 3.00 bits per heavy atom. The van der Waals surface area contributed by atoms with Gasteiger partial charge >= 0.3 is 5.97 Å². The smallest absolute Gasteiger partial charge is 0.311 e. The topological polar surface area (TPSA) is 66.8 Å². The van der Waals surface area contributed by atoms with Crippen LogP contribution in [0.3, 0.4) is 0 Å². The molecule has 5 heteroatoms. The van der Waals surface area contributed by atoms with Gasteiger partial charge in [-0.15, -0.1) is 0 Å². The van der Waals surface area contributed by atoms with Crippen molar-refractivity contribution >= 4 is 17.6 Å². The molecule has 1 N–H and O–H groups in total. The molecule has 0 bridgehead atoms. The van der Waals surface area contributed by atoms with E-state index in [0.717, 1.165) is 5.56 Å². The van der Waals surface area contributed by atoms with Crippen molar-refractivity contribution in [3.63, 3.8) is 0 Å². The van der Waals surface area contributed by atoms with Gasteiger partial charge in [0.05, 0.1) is 19.6 Å². The number of carbonyl (C=O) groups excluding carboxylic acids is 2. The number of hydrogen-bond acceptors (Lipinski definition) is 4. The molecule has 0 aromatic heterocycles. The predicted molar refractivity (Wildman–Crippen MR) is 64.8 cm³/mol. The number of nitrogens with zero attached hydrogens (tertiary/aromatic N) is 1. The zero-order valence-corrected chi connectivity index (χ0v) is 10.1. The number of benzene rings is 1. The molecule has 18 heavy (non-hydrogen) atoms. The standard InChI is InChI=1S/C13H15NO4/c1-18-13(17)10-6-12(16)14(7-10)11-4-2-3-9(5-11)8-15/h2-5,10,15H,6-8H2,1H3. The van der Waals surface area contributed by atoms with Gasteiger partial charge in [0.2, 0.25) is 5.91 Å². The van der Waals surface area contributed by atoms with Crippen LogP contribution >= 0.6 is 0 Å². The number of rotatable bonds is 3. The van der Waals surface area contributed by atoms with Crippen LogP contribution < -0.4 is 4.90 Å². The molecule has 0 spiro atoms. The number of anilines is 1. The monoisotopic (exact) mass is 249 g/mol. The average molecular weight is 249 g/mol. The molecule has 1 fully saturated rings. The quantitative estimate of drug-likeness (QED) is 0.801. The van der Waals surface area contributed by atoms with Crippen LogP contribution in [0.2, 0.25) is 0 Å². The molecular formula is C13H15NO4. The Kier molecular flexibility index (Phi) is 3.62. The number of esters is 1. The summed E-state index contributed by atoms with van der Waals surface area (Å²) in [6.45, 7) is 0.261. The van der Waals surface area contributed by atoms with Gasteiger partial charge in [-0.2, -0.15) is 0 Å². The van der Waals surface area contributed by atoms with Crippen LogP contribution in [0.1, 0.15) is 12.0 Å². The number of ether oxygens (including phenoxy) is 1. The van der Waals surface area contributed by atoms with Gasteiger partial charge in [0.1, 0.15) is 0 Å². The minimum absolute atomic E-state index is 0.0731. The summed E-state index contributed by atoms with van der Waals surface area (Å²) < 4.78 is 4.65. The van der Waals surface area contributed by atoms with Crippen molar-refractivity contribution in [2.24, 2.45) is 5.92 Å². The van der Waals surface area contributed by atoms with E-state index in [9.17, 15) is 9.59 Å². The predicted octanol–water partition coefficient (Wildman–Crippen LogP) is 0.705. The maximum absolute atomic E-state index is 11.9. The summed E-state index contributed by atoms with van der Waals surface area (Å²) in [5.41, 5.74) is 1.44. The van der Waals surface area contributed by atoms with Crippen molar-refractivity contribution in [2.45, 2.75) is 13.0 Å². The minimum atomic E-state index is -0.403. The van der Waals surface area contributed by atoms with Crippen molar-refractivity contribution in [1.82, 2.24) is 0 Å². The first-order valence-electron chi connectivity index (χ1n) is 5.73. The highest BCUT2D eigenvalue weighted by molar-refractivity contribution is 5.99. The summed E-state index contributed by atoms with van der Waals surface area (Å²) in [6, 6.07) is 7.09. The third-order valence-electron chi connectivity index (χ3n) is 3.06. The fraction of sp³-hybridized carbons (Fsp3) is 0.385. The molecule has 1 saturated heterocycles. The first-order chi connectivity index (χ1) is 8.65. The van der Waals surface area contributed by atoms with Crippen LogP contribution in [0.5, 0.6) is 0 Å². The van der Waals surface area contributed by atoms with Crippen molar-refractivity contribution in [1.29, 1.82) is 0 Å². The molecule has 1 aromatic carbocycles. The van der Waals surface area contributed by atoms with E-state index in [1.54, 1.807) is 29.2 Å². The highest BCUT2D eigenvalue weighted by atomic mass is 16.5. The lowest BCUT2D eigenvalue weighted by atomic mass is 10.1. The number of aliphatic hydroxyl groups is 1. The Bertz CT molecular complexity index is 472. The Labute approximate surface area is 105 Å². The maximum atomic E-state index is 11.9. The number of carbonyl (C=O) groups is 2. The molecular weight excluding hydrogens is 234 g/mol. The van der Waals surface area contributed by atoms with Crippen molar-refractivity contribution in [3.8, 4) is 0 Å². The van der Waals surface area contributed by atoms with Crippen molar-refractivity contribution in [2.75, 3.05) is 18.6 Å². The number of amides is 1. The molecule has 5 nitrogen and oxygen atoms in total. The van der Waals surface area contributed by atoms with E-state index in [4.69, 9.17) is 5.11 Å². The Balaban J connectivity index is 2.18. The first-order valence-corrected chi connectivity index (χ1v) is 5.73. The Morgan fingerprint density at radius 2 is 2.33 bits per heavy atom. The van der Waals surface area contributed by atoms with E-state index in [2.05, 4.69) is 4.74 Å². The molecule has 1 aromatic rings. The summed E-state index contributed by atoms with van der Waals surface area (Å²) in [5, 5.41) is 9.07. The summed E-state index contributed by atoms with van der Waals surface area (Å²) in [5.74, 6) is -0.857. The van der Waals surface area contributed by atoms with E-state index >= 15 is 0 Å². The highest BCUT2D eigenvalue weighted by Gasteiger charge is 2.35. The fourth-order valence-corrected chi connectivity index (χ4v) is 2.10. The molecule has 0 aliphatic carbocycles. The van der Waals surface area contributed by atoms with Crippen molar-refractivity contribution < 1.29 is 19.4 Å². The van der Waals surface area contributed by atoms with Gasteiger partial charge in [-0.05, 0) is 17.7 Å². The average Bonchev–Trinajstić information content (AvgIpc) is 2.80. The Morgan fingerprint density at radius 1 is 1.56 bits per heavy atom. The molecule has 1 atom stereocenters. The molecule has 0 radical (unpaired) electrons. The largest absolute Gasteiger partial charge is 0.469 e. The van der Waals surface area contributed by atoms with Crippen LogP contribution in [0.4, 0.5) is 5.69 Å².